The Bertz CT molecular complexity index is 813. The van der Waals surface area contributed by atoms with Crippen LogP contribution in [0.15, 0.2) is 30.4 Å². The number of imide groups is 1. The van der Waals surface area contributed by atoms with Gasteiger partial charge in [-0.3, -0.25) is 9.59 Å². The zero-order valence-corrected chi connectivity index (χ0v) is 13.6. The molecule has 0 N–H and O–H groups in total. The molecule has 25 heavy (non-hydrogen) atoms. The number of hydrogen-bond donors (Lipinski definition) is 0. The molecule has 130 valence electrons. The standard InChI is InChI=1S/C18H13ClF3NO2/c19-12-4-1-7(18(20,21)22)5-13(12)23-16(24)14-8-2-3-9(11-6-10(8)11)15(14)17(23)25/h1-5,8-11,14-15H,6H2/t8-,9+,10-,11+,14+,15-. The molecule has 6 rings (SSSR count). The van der Waals surface area contributed by atoms with Gasteiger partial charge in [0.15, 0.2) is 0 Å². The molecular formula is C18H13ClF3NO2. The van der Waals surface area contributed by atoms with E-state index in [4.69, 9.17) is 11.6 Å². The predicted molar refractivity (Wildman–Crippen MR) is 83.6 cm³/mol. The molecule has 2 amide bonds. The van der Waals surface area contributed by atoms with Gasteiger partial charge in [-0.1, -0.05) is 23.8 Å². The van der Waals surface area contributed by atoms with Crippen molar-refractivity contribution in [2.24, 2.45) is 35.5 Å². The molecule has 2 bridgehead atoms. The van der Waals surface area contributed by atoms with E-state index < -0.39 is 35.4 Å². The summed E-state index contributed by atoms with van der Waals surface area (Å²) in [6.45, 7) is 0. The lowest BCUT2D eigenvalue weighted by Gasteiger charge is -2.37. The van der Waals surface area contributed by atoms with Crippen molar-refractivity contribution in [3.8, 4) is 0 Å². The third-order valence-electron chi connectivity index (χ3n) is 6.18. The number of rotatable bonds is 1. The van der Waals surface area contributed by atoms with E-state index in [0.717, 1.165) is 29.5 Å². The third-order valence-corrected chi connectivity index (χ3v) is 6.50. The summed E-state index contributed by atoms with van der Waals surface area (Å²) >= 11 is 6.05. The molecule has 0 aromatic heterocycles. The minimum absolute atomic E-state index is 0.0195. The van der Waals surface area contributed by atoms with Crippen LogP contribution >= 0.6 is 11.6 Å². The van der Waals surface area contributed by atoms with Crippen LogP contribution in [0.2, 0.25) is 5.02 Å². The molecule has 5 aliphatic rings. The van der Waals surface area contributed by atoms with Crippen molar-refractivity contribution in [3.05, 3.63) is 40.9 Å². The number of hydrogen-bond acceptors (Lipinski definition) is 2. The highest BCUT2D eigenvalue weighted by Gasteiger charge is 2.67. The van der Waals surface area contributed by atoms with Gasteiger partial charge in [0.05, 0.1) is 28.1 Å². The smallest absolute Gasteiger partial charge is 0.274 e. The Morgan fingerprint density at radius 2 is 1.56 bits per heavy atom. The van der Waals surface area contributed by atoms with Gasteiger partial charge in [-0.05, 0) is 48.3 Å². The number of allylic oxidation sites excluding steroid dienone is 2. The second kappa shape index (κ2) is 4.67. The highest BCUT2D eigenvalue weighted by atomic mass is 35.5. The van der Waals surface area contributed by atoms with Crippen LogP contribution in [-0.2, 0) is 15.8 Å². The van der Waals surface area contributed by atoms with Gasteiger partial charge in [0.2, 0.25) is 11.8 Å². The van der Waals surface area contributed by atoms with E-state index in [1.807, 2.05) is 12.2 Å². The fourth-order valence-corrected chi connectivity index (χ4v) is 5.26. The molecule has 1 aromatic carbocycles. The van der Waals surface area contributed by atoms with Crippen LogP contribution in [0.1, 0.15) is 12.0 Å². The van der Waals surface area contributed by atoms with Crippen molar-refractivity contribution < 1.29 is 22.8 Å². The summed E-state index contributed by atoms with van der Waals surface area (Å²) in [5.41, 5.74) is -1.08. The van der Waals surface area contributed by atoms with Crippen LogP contribution in [-0.4, -0.2) is 11.8 Å². The largest absolute Gasteiger partial charge is 0.416 e. The van der Waals surface area contributed by atoms with Crippen LogP contribution in [0.3, 0.4) is 0 Å². The number of carbonyl (C=O) groups is 2. The average Bonchev–Trinajstić information content (AvgIpc) is 3.32. The second-order valence-electron chi connectivity index (χ2n) is 7.33. The second-order valence-corrected chi connectivity index (χ2v) is 7.74. The lowest BCUT2D eigenvalue weighted by atomic mass is 9.63. The first-order valence-corrected chi connectivity index (χ1v) is 8.59. The molecule has 0 radical (unpaired) electrons. The van der Waals surface area contributed by atoms with Gasteiger partial charge in [0.1, 0.15) is 0 Å². The van der Waals surface area contributed by atoms with Crippen molar-refractivity contribution in [2.45, 2.75) is 12.6 Å². The molecule has 4 aliphatic carbocycles. The molecule has 0 unspecified atom stereocenters. The number of amides is 2. The number of nitrogens with zero attached hydrogens (tertiary/aromatic N) is 1. The zero-order chi connectivity index (χ0) is 17.7. The first-order valence-electron chi connectivity index (χ1n) is 8.22. The van der Waals surface area contributed by atoms with Crippen LogP contribution in [0.25, 0.3) is 0 Å². The Labute approximate surface area is 146 Å². The number of halogens is 4. The Hall–Kier alpha value is -1.82. The molecule has 7 heteroatoms. The Morgan fingerprint density at radius 1 is 1.00 bits per heavy atom. The summed E-state index contributed by atoms with van der Waals surface area (Å²) in [5.74, 6) is -0.845. The Morgan fingerprint density at radius 3 is 2.08 bits per heavy atom. The van der Waals surface area contributed by atoms with E-state index in [2.05, 4.69) is 0 Å². The van der Waals surface area contributed by atoms with Crippen LogP contribution in [0.5, 0.6) is 0 Å². The highest BCUT2D eigenvalue weighted by Crippen LogP contribution is 2.65. The fourth-order valence-electron chi connectivity index (χ4n) is 5.05. The van der Waals surface area contributed by atoms with Gasteiger partial charge >= 0.3 is 6.18 Å². The molecule has 1 aromatic rings. The number of carbonyl (C=O) groups excluding carboxylic acids is 2. The number of anilines is 1. The van der Waals surface area contributed by atoms with Gasteiger partial charge in [-0.25, -0.2) is 4.90 Å². The average molecular weight is 368 g/mol. The van der Waals surface area contributed by atoms with E-state index in [0.29, 0.717) is 11.8 Å². The molecule has 2 saturated carbocycles. The summed E-state index contributed by atoms with van der Waals surface area (Å²) < 4.78 is 39.1. The highest BCUT2D eigenvalue weighted by molar-refractivity contribution is 6.36. The molecular weight excluding hydrogens is 355 g/mol. The molecule has 3 nitrogen and oxygen atoms in total. The SMILES string of the molecule is O=C1[C@@H]2[C@H]3C=C[C@H]([C@H]4C[C@@H]34)[C@@H]2C(=O)N1c1cc(C(F)(F)F)ccc1Cl. The quantitative estimate of drug-likeness (QED) is 0.557. The first kappa shape index (κ1) is 15.4. The molecule has 3 fully saturated rings. The molecule has 0 spiro atoms. The van der Waals surface area contributed by atoms with Crippen molar-refractivity contribution >= 4 is 29.1 Å². The molecule has 1 aliphatic heterocycles. The van der Waals surface area contributed by atoms with Crippen molar-refractivity contribution in [1.29, 1.82) is 0 Å². The minimum Gasteiger partial charge on any atom is -0.274 e. The summed E-state index contributed by atoms with van der Waals surface area (Å²) in [6.07, 6.45) is 0.491. The topological polar surface area (TPSA) is 37.4 Å². The van der Waals surface area contributed by atoms with E-state index >= 15 is 0 Å². The fraction of sp³-hybridized carbons (Fsp3) is 0.444. The lowest BCUT2D eigenvalue weighted by molar-refractivity contribution is -0.137. The van der Waals surface area contributed by atoms with E-state index in [1.165, 1.54) is 0 Å². The monoisotopic (exact) mass is 367 g/mol. The summed E-state index contributed by atoms with van der Waals surface area (Å²) in [6, 6.07) is 2.74. The number of benzene rings is 1. The van der Waals surface area contributed by atoms with E-state index in [1.54, 1.807) is 0 Å². The lowest BCUT2D eigenvalue weighted by Crippen LogP contribution is -2.40. The maximum atomic E-state index is 13.0. The van der Waals surface area contributed by atoms with Crippen LogP contribution in [0.4, 0.5) is 18.9 Å². The first-order chi connectivity index (χ1) is 11.8. The number of alkyl halides is 3. The maximum absolute atomic E-state index is 13.0. The van der Waals surface area contributed by atoms with Gasteiger partial charge in [-0.15, -0.1) is 0 Å². The van der Waals surface area contributed by atoms with Crippen LogP contribution < -0.4 is 4.90 Å². The molecule has 1 heterocycles. The Kier molecular flexibility index (Phi) is 2.88. The van der Waals surface area contributed by atoms with Gasteiger partial charge in [-0.2, -0.15) is 13.2 Å². The van der Waals surface area contributed by atoms with Crippen molar-refractivity contribution in [1.82, 2.24) is 0 Å². The third kappa shape index (κ3) is 1.94. The van der Waals surface area contributed by atoms with Gasteiger partial charge in [0, 0.05) is 0 Å². The van der Waals surface area contributed by atoms with Gasteiger partial charge < -0.3 is 0 Å². The van der Waals surface area contributed by atoms with Crippen LogP contribution in [0, 0.1) is 35.5 Å². The molecule has 1 saturated heterocycles. The minimum atomic E-state index is -4.57. The summed E-state index contributed by atoms with van der Waals surface area (Å²) in [7, 11) is 0. The summed E-state index contributed by atoms with van der Waals surface area (Å²) in [4.78, 5) is 26.8. The normalized spacial score (nSPS) is 38.2. The Balaban J connectivity index is 1.59. The predicted octanol–water partition coefficient (Wildman–Crippen LogP) is 3.92. The van der Waals surface area contributed by atoms with Crippen molar-refractivity contribution in [2.75, 3.05) is 4.90 Å². The van der Waals surface area contributed by atoms with E-state index in [-0.39, 0.29) is 22.5 Å². The van der Waals surface area contributed by atoms with Crippen molar-refractivity contribution in [3.63, 3.8) is 0 Å². The maximum Gasteiger partial charge on any atom is 0.416 e. The van der Waals surface area contributed by atoms with E-state index in [9.17, 15) is 22.8 Å². The molecule has 6 atom stereocenters. The zero-order valence-electron chi connectivity index (χ0n) is 12.8. The van der Waals surface area contributed by atoms with Gasteiger partial charge in [0.25, 0.3) is 0 Å². The summed E-state index contributed by atoms with van der Waals surface area (Å²) in [5, 5.41) is -0.0289.